The number of carbonyl (C=O) groups excluding carboxylic acids is 3. The predicted octanol–water partition coefficient (Wildman–Crippen LogP) is 4.51. The van der Waals surface area contributed by atoms with Gasteiger partial charge >= 0.3 is 0 Å². The number of likely N-dealkylation sites (tertiary alicyclic amines) is 1. The molecule has 4 aromatic rings. The fourth-order valence-corrected chi connectivity index (χ4v) is 5.53. The van der Waals surface area contributed by atoms with Crippen LogP contribution in [0.15, 0.2) is 85.2 Å². The van der Waals surface area contributed by atoms with Crippen LogP contribution in [-0.4, -0.2) is 66.6 Å². The molecule has 0 radical (unpaired) electrons. The smallest absolute Gasteiger partial charge is 0.264 e. The third-order valence-electron chi connectivity index (χ3n) is 8.01. The first kappa shape index (κ1) is 31.3. The Morgan fingerprint density at radius 2 is 1.74 bits per heavy atom. The molecule has 4 heterocycles. The van der Waals surface area contributed by atoms with Crippen LogP contribution < -0.4 is 29.6 Å². The van der Waals surface area contributed by atoms with Gasteiger partial charge < -0.3 is 34.5 Å². The molecule has 242 valence electrons. The second-order valence-electron chi connectivity index (χ2n) is 11.2. The van der Waals surface area contributed by atoms with Crippen molar-refractivity contribution in [2.75, 3.05) is 33.4 Å². The highest BCUT2D eigenvalue weighted by Gasteiger charge is 2.45. The minimum Gasteiger partial charge on any atom is -0.493 e. The summed E-state index contributed by atoms with van der Waals surface area (Å²) in [5.41, 5.74) is -0.0923. The van der Waals surface area contributed by atoms with Crippen LogP contribution in [0.2, 0.25) is 0 Å². The van der Waals surface area contributed by atoms with E-state index < -0.39 is 17.3 Å². The summed E-state index contributed by atoms with van der Waals surface area (Å²) in [6, 6.07) is 19.0. The minimum absolute atomic E-state index is 0.0250. The maximum absolute atomic E-state index is 14.8. The molecule has 12 heteroatoms. The van der Waals surface area contributed by atoms with Gasteiger partial charge in [0.1, 0.15) is 29.7 Å². The molecule has 11 nitrogen and oxygen atoms in total. The van der Waals surface area contributed by atoms with Crippen molar-refractivity contribution >= 4 is 17.7 Å². The van der Waals surface area contributed by atoms with Crippen molar-refractivity contribution in [2.24, 2.45) is 0 Å². The Morgan fingerprint density at radius 1 is 0.957 bits per heavy atom. The van der Waals surface area contributed by atoms with Crippen molar-refractivity contribution in [3.63, 3.8) is 0 Å². The van der Waals surface area contributed by atoms with Gasteiger partial charge in [0.05, 0.1) is 19.2 Å². The average molecular weight is 641 g/mol. The van der Waals surface area contributed by atoms with Crippen LogP contribution >= 0.6 is 0 Å². The van der Waals surface area contributed by atoms with Crippen molar-refractivity contribution in [2.45, 2.75) is 25.0 Å². The molecule has 0 unspecified atom stereocenters. The highest BCUT2D eigenvalue weighted by Crippen LogP contribution is 2.34. The van der Waals surface area contributed by atoms with Gasteiger partial charge in [-0.3, -0.25) is 19.4 Å². The van der Waals surface area contributed by atoms with Crippen molar-refractivity contribution in [1.82, 2.24) is 20.5 Å². The number of rotatable bonds is 2. The number of hydrogen-bond acceptors (Lipinski definition) is 8. The lowest BCUT2D eigenvalue weighted by Crippen LogP contribution is -2.58. The lowest BCUT2D eigenvalue weighted by molar-refractivity contribution is -0.141. The first-order valence-electron chi connectivity index (χ1n) is 15.1. The number of benzene rings is 3. The van der Waals surface area contributed by atoms with Crippen LogP contribution in [0.3, 0.4) is 0 Å². The minimum atomic E-state index is -1.31. The molecule has 0 atom stereocenters. The van der Waals surface area contributed by atoms with Gasteiger partial charge in [-0.15, -0.1) is 0 Å². The monoisotopic (exact) mass is 640 g/mol. The largest absolute Gasteiger partial charge is 0.493 e. The van der Waals surface area contributed by atoms with Gasteiger partial charge in [-0.05, 0) is 72.3 Å². The van der Waals surface area contributed by atoms with Gasteiger partial charge in [-0.25, -0.2) is 4.39 Å². The van der Waals surface area contributed by atoms with Crippen molar-refractivity contribution < 1.29 is 37.7 Å². The van der Waals surface area contributed by atoms with Gasteiger partial charge in [0.15, 0.2) is 17.1 Å². The molecule has 7 rings (SSSR count). The van der Waals surface area contributed by atoms with Gasteiger partial charge in [0.25, 0.3) is 17.7 Å². The number of piperidine rings is 1. The molecule has 6 bridgehead atoms. The first-order chi connectivity index (χ1) is 22.8. The van der Waals surface area contributed by atoms with E-state index in [-0.39, 0.29) is 68.9 Å². The predicted molar refractivity (Wildman–Crippen MR) is 168 cm³/mol. The van der Waals surface area contributed by atoms with E-state index in [2.05, 4.69) is 15.6 Å². The zero-order valence-corrected chi connectivity index (χ0v) is 25.7. The Hall–Kier alpha value is -5.65. The van der Waals surface area contributed by atoms with Gasteiger partial charge in [0, 0.05) is 56.5 Å². The topological polar surface area (TPSA) is 128 Å². The summed E-state index contributed by atoms with van der Waals surface area (Å²) in [5, 5.41) is 5.72. The van der Waals surface area contributed by atoms with Crippen molar-refractivity contribution in [1.29, 1.82) is 0 Å². The molecule has 2 N–H and O–H groups in total. The van der Waals surface area contributed by atoms with Crippen LogP contribution in [-0.2, 0) is 11.3 Å². The molecule has 1 saturated heterocycles. The van der Waals surface area contributed by atoms with E-state index in [9.17, 15) is 18.8 Å². The highest BCUT2D eigenvalue weighted by molar-refractivity contribution is 5.95. The lowest BCUT2D eigenvalue weighted by atomic mass is 9.89. The second kappa shape index (κ2) is 13.8. The number of nitrogens with zero attached hydrogens (tertiary/aromatic N) is 2. The van der Waals surface area contributed by atoms with Crippen molar-refractivity contribution in [3.8, 4) is 28.7 Å². The number of pyridine rings is 1. The summed E-state index contributed by atoms with van der Waals surface area (Å²) in [4.78, 5) is 45.6. The first-order valence-corrected chi connectivity index (χ1v) is 15.1. The maximum atomic E-state index is 14.8. The lowest BCUT2D eigenvalue weighted by Gasteiger charge is -2.40. The Bertz CT molecular complexity index is 1760. The summed E-state index contributed by atoms with van der Waals surface area (Å²) < 4.78 is 38.4. The number of amides is 3. The standard InChI is InChI=1S/C35H33FN4O7/c1-44-30-9-4-24-19-31(30)46-29-18-23(17-26(36)20-29)21-39-34(43)35(10-14-40(15-11-35)33(42)25-3-2-12-37-22-25)47-28-7-5-27(6-8-28)45-16-13-38-32(24)41/h2-9,12,17-20,22H,10-11,13-16,21H2,1H3,(H,38,41)(H,39,43). The second-order valence-corrected chi connectivity index (χ2v) is 11.2. The van der Waals surface area contributed by atoms with E-state index in [1.807, 2.05) is 0 Å². The molecule has 1 spiro atoms. The van der Waals surface area contributed by atoms with Crippen LogP contribution in [0.5, 0.6) is 28.7 Å². The molecule has 3 aliphatic rings. The average Bonchev–Trinajstić information content (AvgIpc) is 3.09. The Labute approximate surface area is 270 Å². The van der Waals surface area contributed by atoms with Gasteiger partial charge in [0.2, 0.25) is 0 Å². The third kappa shape index (κ3) is 7.27. The molecule has 1 fully saturated rings. The van der Waals surface area contributed by atoms with Gasteiger partial charge in [-0.1, -0.05) is 0 Å². The zero-order chi connectivity index (χ0) is 32.8. The summed E-state index contributed by atoms with van der Waals surface area (Å²) in [5.74, 6) is 0.190. The fraction of sp³-hybridized carbons (Fsp3) is 0.257. The number of carbonyl (C=O) groups is 3. The van der Waals surface area contributed by atoms with E-state index in [1.165, 1.54) is 31.5 Å². The summed E-state index contributed by atoms with van der Waals surface area (Å²) in [7, 11) is 1.46. The third-order valence-corrected chi connectivity index (χ3v) is 8.01. The Balaban J connectivity index is 1.28. The molecular weight excluding hydrogens is 607 g/mol. The zero-order valence-electron chi connectivity index (χ0n) is 25.7. The SMILES string of the molecule is COc1ccc2cc1Oc1cc(F)cc(c1)CNC(=O)C1(CCN(C(=O)c3cccnc3)CC1)Oc1ccc(cc1)OCCNC2=O. The number of hydrogen-bond donors (Lipinski definition) is 2. The van der Waals surface area contributed by atoms with Gasteiger partial charge in [-0.2, -0.15) is 0 Å². The number of aromatic nitrogens is 1. The molecule has 3 aliphatic heterocycles. The normalized spacial score (nSPS) is 16.4. The number of ether oxygens (including phenoxy) is 4. The molecule has 0 aliphatic carbocycles. The molecule has 47 heavy (non-hydrogen) atoms. The summed E-state index contributed by atoms with van der Waals surface area (Å²) in [6.45, 7) is 0.942. The van der Waals surface area contributed by atoms with Crippen LogP contribution in [0.1, 0.15) is 39.1 Å². The van der Waals surface area contributed by atoms with Crippen molar-refractivity contribution in [3.05, 3.63) is 108 Å². The Kier molecular flexibility index (Phi) is 9.18. The summed E-state index contributed by atoms with van der Waals surface area (Å²) >= 11 is 0. The highest BCUT2D eigenvalue weighted by atomic mass is 19.1. The molecule has 3 amide bonds. The van der Waals surface area contributed by atoms with E-state index in [0.717, 1.165) is 0 Å². The number of halogens is 1. The van der Waals surface area contributed by atoms with E-state index in [0.29, 0.717) is 33.9 Å². The summed E-state index contributed by atoms with van der Waals surface area (Å²) in [6.07, 6.45) is 3.55. The van der Waals surface area contributed by atoms with E-state index in [1.54, 1.807) is 65.7 Å². The molecule has 3 aromatic carbocycles. The van der Waals surface area contributed by atoms with Crippen LogP contribution in [0, 0.1) is 5.82 Å². The number of nitrogens with one attached hydrogen (secondary N) is 2. The molecule has 0 saturated carbocycles. The molecule has 1 aromatic heterocycles. The van der Waals surface area contributed by atoms with E-state index >= 15 is 0 Å². The maximum Gasteiger partial charge on any atom is 0.264 e. The number of methoxy groups -OCH3 is 1. The fourth-order valence-electron chi connectivity index (χ4n) is 5.53. The number of fused-ring (bicyclic) bond motifs is 8. The van der Waals surface area contributed by atoms with Crippen LogP contribution in [0.4, 0.5) is 4.39 Å². The quantitative estimate of drug-likeness (QED) is 0.328. The van der Waals surface area contributed by atoms with Crippen LogP contribution in [0.25, 0.3) is 0 Å². The van der Waals surface area contributed by atoms with E-state index in [4.69, 9.17) is 18.9 Å². The Morgan fingerprint density at radius 3 is 2.49 bits per heavy atom. The molecular formula is C35H33FN4O7.